The minimum Gasteiger partial charge on any atom is -0.352 e. The highest BCUT2D eigenvalue weighted by molar-refractivity contribution is 7.15. The van der Waals surface area contributed by atoms with Gasteiger partial charge in [-0.3, -0.25) is 9.78 Å². The van der Waals surface area contributed by atoms with Gasteiger partial charge in [0, 0.05) is 31.6 Å². The molecule has 192 valence electrons. The quantitative estimate of drug-likeness (QED) is 0.459. The Morgan fingerprint density at radius 3 is 2.56 bits per heavy atom. The van der Waals surface area contributed by atoms with Gasteiger partial charge in [-0.15, -0.1) is 11.3 Å². The molecular weight excluding hydrogens is 503 g/mol. The molecular formula is C23H23F5N6OS. The fourth-order valence-corrected chi connectivity index (χ4v) is 5.06. The fraction of sp³-hybridized carbons (Fsp3) is 0.435. The number of hydrogen-bond acceptors (Lipinski definition) is 7. The summed E-state index contributed by atoms with van der Waals surface area (Å²) in [5.74, 6) is -4.50. The number of nitrogens with zero attached hydrogens (tertiary/aromatic N) is 5. The third-order valence-corrected chi connectivity index (χ3v) is 6.87. The van der Waals surface area contributed by atoms with Gasteiger partial charge in [-0.1, -0.05) is 6.92 Å². The molecule has 1 N–H and O–H groups in total. The number of likely N-dealkylation sites (tertiary alicyclic amines) is 1. The molecule has 36 heavy (non-hydrogen) atoms. The number of hydrogen-bond donors (Lipinski definition) is 1. The van der Waals surface area contributed by atoms with Crippen LogP contribution in [0.3, 0.4) is 0 Å². The number of thiazole rings is 1. The van der Waals surface area contributed by atoms with Crippen molar-refractivity contribution >= 4 is 23.2 Å². The zero-order valence-electron chi connectivity index (χ0n) is 19.6. The number of alkyl halides is 5. The Kier molecular flexibility index (Phi) is 6.95. The number of nitrogens with one attached hydrogen (secondary N) is 1. The van der Waals surface area contributed by atoms with Crippen LogP contribution in [0.25, 0.3) is 10.6 Å². The van der Waals surface area contributed by atoms with Crippen molar-refractivity contribution in [2.24, 2.45) is 5.92 Å². The van der Waals surface area contributed by atoms with Gasteiger partial charge in [-0.05, 0) is 37.5 Å². The van der Waals surface area contributed by atoms with Crippen LogP contribution in [0, 0.1) is 19.8 Å². The first-order valence-corrected chi connectivity index (χ1v) is 11.9. The second-order valence-electron chi connectivity index (χ2n) is 8.84. The van der Waals surface area contributed by atoms with Crippen LogP contribution in [0.1, 0.15) is 40.0 Å². The Bertz CT molecular complexity index is 1250. The standard InChI is InChI=1S/C23H23F5N6OS/c1-12-4-5-29-16(6-12)19-18(33-14(3)36-19)20(35)34-11-22(24,25)7-13(2)17(34)10-32-21-30-8-15(9-31-21)23(26,27)28/h4-6,8-9,13,17H,7,10-11H2,1-3H3,(H,30,31,32)/t13-,17-/m1/s1. The first-order chi connectivity index (χ1) is 16.8. The van der Waals surface area contributed by atoms with Gasteiger partial charge >= 0.3 is 6.18 Å². The molecule has 4 heterocycles. The molecule has 1 aliphatic rings. The molecule has 13 heteroatoms. The Morgan fingerprint density at radius 2 is 1.92 bits per heavy atom. The van der Waals surface area contributed by atoms with Crippen LogP contribution in [-0.4, -0.2) is 55.8 Å². The van der Waals surface area contributed by atoms with E-state index in [0.29, 0.717) is 28.0 Å². The van der Waals surface area contributed by atoms with Crippen LogP contribution in [-0.2, 0) is 6.18 Å². The highest BCUT2D eigenvalue weighted by atomic mass is 32.1. The number of rotatable bonds is 5. The Balaban J connectivity index is 1.61. The summed E-state index contributed by atoms with van der Waals surface area (Å²) in [5, 5.41) is 3.37. The third-order valence-electron chi connectivity index (χ3n) is 5.87. The monoisotopic (exact) mass is 526 g/mol. The van der Waals surface area contributed by atoms with Gasteiger partial charge in [-0.2, -0.15) is 13.2 Å². The predicted octanol–water partition coefficient (Wildman–Crippen LogP) is 5.23. The maximum Gasteiger partial charge on any atom is 0.419 e. The van der Waals surface area contributed by atoms with Crippen LogP contribution in [0.15, 0.2) is 30.7 Å². The molecule has 0 unspecified atom stereocenters. The maximum atomic E-state index is 14.6. The molecule has 0 bridgehead atoms. The summed E-state index contributed by atoms with van der Waals surface area (Å²) in [7, 11) is 0. The Hall–Kier alpha value is -3.22. The van der Waals surface area contributed by atoms with E-state index in [1.165, 1.54) is 11.3 Å². The second kappa shape index (κ2) is 9.68. The lowest BCUT2D eigenvalue weighted by molar-refractivity contribution is -0.138. The van der Waals surface area contributed by atoms with Crippen molar-refractivity contribution in [1.82, 2.24) is 24.8 Å². The number of amides is 1. The molecule has 3 aromatic heterocycles. The van der Waals surface area contributed by atoms with E-state index in [1.54, 1.807) is 32.2 Å². The van der Waals surface area contributed by atoms with E-state index in [9.17, 15) is 26.7 Å². The zero-order valence-corrected chi connectivity index (χ0v) is 20.4. The molecule has 1 aliphatic heterocycles. The van der Waals surface area contributed by atoms with Crippen molar-refractivity contribution in [2.75, 3.05) is 18.4 Å². The van der Waals surface area contributed by atoms with E-state index >= 15 is 0 Å². The summed E-state index contributed by atoms with van der Waals surface area (Å²) in [5.41, 5.74) is 0.470. The highest BCUT2D eigenvalue weighted by Gasteiger charge is 2.47. The van der Waals surface area contributed by atoms with Crippen molar-refractivity contribution in [1.29, 1.82) is 0 Å². The number of carbonyl (C=O) groups excluding carboxylic acids is 1. The molecule has 0 aromatic carbocycles. The lowest BCUT2D eigenvalue weighted by atomic mass is 9.88. The summed E-state index contributed by atoms with van der Waals surface area (Å²) in [6, 6.07) is 2.89. The maximum absolute atomic E-state index is 14.6. The lowest BCUT2D eigenvalue weighted by Crippen LogP contribution is -2.57. The largest absolute Gasteiger partial charge is 0.419 e. The average Bonchev–Trinajstić information content (AvgIpc) is 3.18. The molecule has 0 spiro atoms. The van der Waals surface area contributed by atoms with E-state index < -0.39 is 48.5 Å². The van der Waals surface area contributed by atoms with Crippen molar-refractivity contribution in [3.63, 3.8) is 0 Å². The Morgan fingerprint density at radius 1 is 1.22 bits per heavy atom. The average molecular weight is 527 g/mol. The smallest absolute Gasteiger partial charge is 0.352 e. The summed E-state index contributed by atoms with van der Waals surface area (Å²) >= 11 is 1.25. The molecule has 0 aliphatic carbocycles. The van der Waals surface area contributed by atoms with Gasteiger partial charge in [0.25, 0.3) is 11.8 Å². The van der Waals surface area contributed by atoms with Gasteiger partial charge in [0.15, 0.2) is 0 Å². The predicted molar refractivity (Wildman–Crippen MR) is 124 cm³/mol. The summed E-state index contributed by atoms with van der Waals surface area (Å²) < 4.78 is 67.5. The highest BCUT2D eigenvalue weighted by Crippen LogP contribution is 2.37. The van der Waals surface area contributed by atoms with Crippen molar-refractivity contribution in [2.45, 2.75) is 45.3 Å². The van der Waals surface area contributed by atoms with E-state index in [0.717, 1.165) is 10.5 Å². The minimum absolute atomic E-state index is 0.0322. The van der Waals surface area contributed by atoms with Crippen LogP contribution in [0.2, 0.25) is 0 Å². The van der Waals surface area contributed by atoms with Crippen LogP contribution in [0.5, 0.6) is 0 Å². The fourth-order valence-electron chi connectivity index (χ4n) is 4.18. The lowest BCUT2D eigenvalue weighted by Gasteiger charge is -2.43. The Labute approximate surface area is 207 Å². The number of piperidine rings is 1. The molecule has 0 saturated carbocycles. The van der Waals surface area contributed by atoms with Gasteiger partial charge < -0.3 is 10.2 Å². The normalized spacial score (nSPS) is 19.8. The summed E-state index contributed by atoms with van der Waals surface area (Å²) in [6.45, 7) is 4.35. The van der Waals surface area contributed by atoms with E-state index in [4.69, 9.17) is 0 Å². The number of aromatic nitrogens is 4. The molecule has 1 amide bonds. The number of anilines is 1. The number of pyridine rings is 1. The number of halogens is 5. The number of carbonyl (C=O) groups is 1. The van der Waals surface area contributed by atoms with E-state index in [2.05, 4.69) is 25.3 Å². The van der Waals surface area contributed by atoms with Gasteiger partial charge in [0.05, 0.1) is 33.7 Å². The zero-order chi connectivity index (χ0) is 26.3. The molecule has 7 nitrogen and oxygen atoms in total. The molecule has 2 atom stereocenters. The SMILES string of the molecule is Cc1ccnc(-c2sc(C)nc2C(=O)N2CC(F)(F)C[C@@H](C)[C@H]2CNc2ncc(C(F)(F)F)cn2)c1. The molecule has 1 fully saturated rings. The summed E-state index contributed by atoms with van der Waals surface area (Å²) in [4.78, 5) is 31.2. The first-order valence-electron chi connectivity index (χ1n) is 11.1. The van der Waals surface area contributed by atoms with Crippen LogP contribution < -0.4 is 5.32 Å². The van der Waals surface area contributed by atoms with Crippen LogP contribution >= 0.6 is 11.3 Å². The molecule has 0 radical (unpaired) electrons. The van der Waals surface area contributed by atoms with Gasteiger partial charge in [0.2, 0.25) is 5.95 Å². The topological polar surface area (TPSA) is 83.9 Å². The number of aryl methyl sites for hydroxylation is 2. The van der Waals surface area contributed by atoms with Crippen LogP contribution in [0.4, 0.5) is 27.9 Å². The van der Waals surface area contributed by atoms with Crippen molar-refractivity contribution < 1.29 is 26.7 Å². The van der Waals surface area contributed by atoms with Crippen molar-refractivity contribution in [3.8, 4) is 10.6 Å². The van der Waals surface area contributed by atoms with E-state index in [1.807, 2.05) is 6.92 Å². The van der Waals surface area contributed by atoms with Gasteiger partial charge in [-0.25, -0.2) is 23.7 Å². The van der Waals surface area contributed by atoms with E-state index in [-0.39, 0.29) is 18.2 Å². The van der Waals surface area contributed by atoms with Gasteiger partial charge in [0.1, 0.15) is 5.69 Å². The minimum atomic E-state index is -4.58. The molecule has 1 saturated heterocycles. The summed E-state index contributed by atoms with van der Waals surface area (Å²) in [6.07, 6.45) is -2.16. The third kappa shape index (κ3) is 5.61. The van der Waals surface area contributed by atoms with Crippen molar-refractivity contribution in [3.05, 3.63) is 52.6 Å². The first kappa shape index (κ1) is 25.9. The molecule has 3 aromatic rings. The second-order valence-corrected chi connectivity index (χ2v) is 10.0. The molecule has 4 rings (SSSR count).